The lowest BCUT2D eigenvalue weighted by Gasteiger charge is -2.32. The number of cyclic esters (lactones) is 1. The summed E-state index contributed by atoms with van der Waals surface area (Å²) < 4.78 is 28.7. The number of nitrogens with one attached hydrogen (secondary N) is 1. The van der Waals surface area contributed by atoms with Crippen LogP contribution in [-0.4, -0.2) is 49.1 Å². The third-order valence-corrected chi connectivity index (χ3v) is 6.83. The molecule has 0 aliphatic carbocycles. The van der Waals surface area contributed by atoms with Gasteiger partial charge in [-0.2, -0.15) is 0 Å². The molecule has 10 nitrogen and oxygen atoms in total. The van der Waals surface area contributed by atoms with Gasteiger partial charge in [0, 0.05) is 31.6 Å². The first-order chi connectivity index (χ1) is 19.7. The zero-order chi connectivity index (χ0) is 28.8. The average molecular weight is 562 g/mol. The summed E-state index contributed by atoms with van der Waals surface area (Å²) in [6.45, 7) is 6.49. The number of carbonyl (C=O) groups excluding carboxylic acids is 2. The summed E-state index contributed by atoms with van der Waals surface area (Å²) in [5.41, 5.74) is 9.69. The number of fused-ring (bicyclic) bond motifs is 1. The Bertz CT molecular complexity index is 1380. The highest BCUT2D eigenvalue weighted by molar-refractivity contribution is 5.87. The fourth-order valence-corrected chi connectivity index (χ4v) is 4.73. The summed E-state index contributed by atoms with van der Waals surface area (Å²) in [6, 6.07) is 20.4. The molecule has 216 valence electrons. The molecule has 0 saturated carbocycles. The molecule has 3 N–H and O–H groups in total. The van der Waals surface area contributed by atoms with E-state index in [0.717, 1.165) is 33.8 Å². The second kappa shape index (κ2) is 12.5. The molecule has 3 amide bonds. The highest BCUT2D eigenvalue weighted by Crippen LogP contribution is 2.35. The Hall–Kier alpha value is -4.28. The van der Waals surface area contributed by atoms with Gasteiger partial charge in [-0.15, -0.1) is 0 Å². The number of amides is 3. The maximum absolute atomic E-state index is 12.5. The van der Waals surface area contributed by atoms with E-state index in [2.05, 4.69) is 5.32 Å². The van der Waals surface area contributed by atoms with Crippen molar-refractivity contribution in [3.05, 3.63) is 89.0 Å². The molecule has 41 heavy (non-hydrogen) atoms. The molecule has 0 unspecified atom stereocenters. The highest BCUT2D eigenvalue weighted by Gasteiger charge is 2.33. The summed E-state index contributed by atoms with van der Waals surface area (Å²) >= 11 is 0. The summed E-state index contributed by atoms with van der Waals surface area (Å²) in [5, 5.41) is 2.54. The number of carbonyl (C=O) groups is 2. The molecule has 1 fully saturated rings. The molecule has 0 spiro atoms. The van der Waals surface area contributed by atoms with Gasteiger partial charge in [-0.1, -0.05) is 30.3 Å². The van der Waals surface area contributed by atoms with E-state index in [1.807, 2.05) is 74.5 Å². The summed E-state index contributed by atoms with van der Waals surface area (Å²) in [6.07, 6.45) is 0.0733. The molecule has 2 aliphatic rings. The number of rotatable bonds is 11. The van der Waals surface area contributed by atoms with Crippen LogP contribution in [0.4, 0.5) is 15.3 Å². The van der Waals surface area contributed by atoms with Crippen LogP contribution in [-0.2, 0) is 33.8 Å². The first kappa shape index (κ1) is 28.3. The molecule has 2 heterocycles. The molecule has 5 rings (SSSR count). The molecule has 1 saturated heterocycles. The van der Waals surface area contributed by atoms with Gasteiger partial charge in [-0.05, 0) is 59.5 Å². The minimum atomic E-state index is -0.647. The average Bonchev–Trinajstić information content (AvgIpc) is 3.31. The van der Waals surface area contributed by atoms with Crippen LogP contribution >= 0.6 is 0 Å². The van der Waals surface area contributed by atoms with Crippen molar-refractivity contribution in [2.75, 3.05) is 31.6 Å². The lowest BCUT2D eigenvalue weighted by molar-refractivity contribution is -0.180. The van der Waals surface area contributed by atoms with Gasteiger partial charge in [-0.25, -0.2) is 9.59 Å². The largest absolute Gasteiger partial charge is 0.491 e. The van der Waals surface area contributed by atoms with E-state index in [1.165, 1.54) is 0 Å². The van der Waals surface area contributed by atoms with Gasteiger partial charge in [-0.3, -0.25) is 0 Å². The summed E-state index contributed by atoms with van der Waals surface area (Å²) in [4.78, 5) is 25.3. The number of hydrogen-bond acceptors (Lipinski definition) is 7. The number of nitrogens with two attached hydrogens (primary N) is 1. The molecule has 0 bridgehead atoms. The van der Waals surface area contributed by atoms with Gasteiger partial charge in [0.15, 0.2) is 0 Å². The molecule has 3 aromatic rings. The van der Waals surface area contributed by atoms with Crippen molar-refractivity contribution in [2.24, 2.45) is 5.73 Å². The minimum Gasteiger partial charge on any atom is -0.491 e. The van der Waals surface area contributed by atoms with Crippen molar-refractivity contribution in [3.8, 4) is 11.5 Å². The third-order valence-electron chi connectivity index (χ3n) is 6.83. The predicted octanol–water partition coefficient (Wildman–Crippen LogP) is 5.15. The molecular weight excluding hydrogens is 526 g/mol. The van der Waals surface area contributed by atoms with Crippen molar-refractivity contribution < 1.29 is 33.3 Å². The number of urea groups is 1. The fourth-order valence-electron chi connectivity index (χ4n) is 4.73. The molecular formula is C31H35N3O7. The van der Waals surface area contributed by atoms with Gasteiger partial charge < -0.3 is 39.6 Å². The number of ether oxygens (including phenoxy) is 5. The van der Waals surface area contributed by atoms with Crippen LogP contribution in [0.15, 0.2) is 66.7 Å². The number of hydrogen-bond donors (Lipinski definition) is 2. The van der Waals surface area contributed by atoms with Crippen LogP contribution in [0.5, 0.6) is 11.5 Å². The van der Waals surface area contributed by atoms with E-state index in [4.69, 9.17) is 29.4 Å². The van der Waals surface area contributed by atoms with Crippen molar-refractivity contribution in [1.29, 1.82) is 0 Å². The van der Waals surface area contributed by atoms with Crippen LogP contribution in [0.25, 0.3) is 0 Å². The first-order valence-electron chi connectivity index (χ1n) is 13.6. The predicted molar refractivity (Wildman–Crippen MR) is 152 cm³/mol. The van der Waals surface area contributed by atoms with Crippen molar-refractivity contribution in [3.63, 3.8) is 0 Å². The Morgan fingerprint density at radius 3 is 2.71 bits per heavy atom. The van der Waals surface area contributed by atoms with Gasteiger partial charge in [0.2, 0.25) is 5.79 Å². The van der Waals surface area contributed by atoms with E-state index in [9.17, 15) is 9.59 Å². The van der Waals surface area contributed by atoms with E-state index < -0.39 is 11.8 Å². The molecule has 0 aromatic heterocycles. The SMILES string of the molecule is CC1(C)OCc2cc([C@@H]3CN(CCc4ccc(OCCOCc5cccc(NC(N)=O)c5)cc4)C(=O)O3)ccc2O1. The Labute approximate surface area is 239 Å². The van der Waals surface area contributed by atoms with E-state index in [0.29, 0.717) is 51.6 Å². The molecule has 1 atom stereocenters. The smallest absolute Gasteiger partial charge is 0.410 e. The van der Waals surface area contributed by atoms with E-state index in [-0.39, 0.29) is 12.2 Å². The lowest BCUT2D eigenvalue weighted by atomic mass is 10.0. The standard InChI is InChI=1S/C31H35N3O7/c1-31(2)39-20-24-17-23(8-11-27(24)41-31)28-18-34(30(36)40-28)13-12-21-6-9-26(10-7-21)38-15-14-37-19-22-4-3-5-25(16-22)33-29(32)35/h3-11,16-17,28H,12-15,18-20H2,1-2H3,(H3,32,33,35)/t28-/m0/s1. The summed E-state index contributed by atoms with van der Waals surface area (Å²) in [5.74, 6) is 0.896. The maximum Gasteiger partial charge on any atom is 0.410 e. The second-order valence-corrected chi connectivity index (χ2v) is 10.5. The summed E-state index contributed by atoms with van der Waals surface area (Å²) in [7, 11) is 0. The number of nitrogens with zero attached hydrogens (tertiary/aromatic N) is 1. The zero-order valence-electron chi connectivity index (χ0n) is 23.3. The van der Waals surface area contributed by atoms with Gasteiger partial charge >= 0.3 is 12.1 Å². The number of benzene rings is 3. The maximum atomic E-state index is 12.5. The van der Waals surface area contributed by atoms with Crippen LogP contribution in [0, 0.1) is 0 Å². The van der Waals surface area contributed by atoms with Gasteiger partial charge in [0.05, 0.1) is 26.4 Å². The molecule has 0 radical (unpaired) electrons. The van der Waals surface area contributed by atoms with Crippen molar-refractivity contribution >= 4 is 17.8 Å². The Kier molecular flexibility index (Phi) is 8.61. The fraction of sp³-hybridized carbons (Fsp3) is 0.355. The number of primary amides is 1. The van der Waals surface area contributed by atoms with E-state index >= 15 is 0 Å². The van der Waals surface area contributed by atoms with Gasteiger partial charge in [0.1, 0.15) is 24.2 Å². The third kappa shape index (κ3) is 7.68. The topological polar surface area (TPSA) is 122 Å². The normalized spacial score (nSPS) is 17.4. The van der Waals surface area contributed by atoms with Crippen LogP contribution in [0.1, 0.15) is 42.2 Å². The van der Waals surface area contributed by atoms with Crippen molar-refractivity contribution in [1.82, 2.24) is 4.90 Å². The van der Waals surface area contributed by atoms with Crippen LogP contribution in [0.2, 0.25) is 0 Å². The van der Waals surface area contributed by atoms with Crippen molar-refractivity contribution in [2.45, 2.75) is 45.4 Å². The Morgan fingerprint density at radius 1 is 1.07 bits per heavy atom. The Balaban J connectivity index is 1.03. The van der Waals surface area contributed by atoms with E-state index in [1.54, 1.807) is 11.0 Å². The Morgan fingerprint density at radius 2 is 1.90 bits per heavy atom. The highest BCUT2D eigenvalue weighted by atomic mass is 16.7. The molecule has 3 aromatic carbocycles. The van der Waals surface area contributed by atoms with Gasteiger partial charge in [0.25, 0.3) is 0 Å². The minimum absolute atomic E-state index is 0.308. The lowest BCUT2D eigenvalue weighted by Crippen LogP contribution is -2.35. The second-order valence-electron chi connectivity index (χ2n) is 10.5. The monoisotopic (exact) mass is 561 g/mol. The quantitative estimate of drug-likeness (QED) is 0.310. The van der Waals surface area contributed by atoms with Crippen LogP contribution in [0.3, 0.4) is 0 Å². The molecule has 10 heteroatoms. The zero-order valence-corrected chi connectivity index (χ0v) is 23.3. The molecule has 2 aliphatic heterocycles. The number of anilines is 1. The first-order valence-corrected chi connectivity index (χ1v) is 13.6. The van der Waals surface area contributed by atoms with Crippen LogP contribution < -0.4 is 20.5 Å².